The lowest BCUT2D eigenvalue weighted by Crippen LogP contribution is -2.50. The number of ether oxygens (including phenoxy) is 4. The lowest BCUT2D eigenvalue weighted by atomic mass is 10.2. The summed E-state index contributed by atoms with van der Waals surface area (Å²) in [6.45, 7) is 1.98. The molecular weight excluding hydrogens is 262 g/mol. The maximum absolute atomic E-state index is 12.1. The van der Waals surface area contributed by atoms with E-state index in [2.05, 4.69) is 5.32 Å². The molecule has 1 N–H and O–H groups in total. The van der Waals surface area contributed by atoms with Crippen molar-refractivity contribution in [3.05, 3.63) is 24.3 Å². The molecule has 0 aliphatic carbocycles. The summed E-state index contributed by atoms with van der Waals surface area (Å²) in [4.78, 5) is 12.1. The van der Waals surface area contributed by atoms with E-state index in [1.807, 2.05) is 12.1 Å². The number of fused-ring (bicyclic) bond motifs is 1. The molecule has 0 bridgehead atoms. The number of para-hydroxylation sites is 2. The molecule has 6 nitrogen and oxygen atoms in total. The van der Waals surface area contributed by atoms with Crippen LogP contribution in [0.4, 0.5) is 0 Å². The number of carbonyl (C=O) groups is 1. The minimum Gasteiger partial charge on any atom is -0.485 e. The number of hydrogen-bond acceptors (Lipinski definition) is 5. The zero-order valence-corrected chi connectivity index (χ0v) is 11.8. The molecule has 20 heavy (non-hydrogen) atoms. The zero-order chi connectivity index (χ0) is 14.5. The first kappa shape index (κ1) is 14.6. The van der Waals surface area contributed by atoms with Gasteiger partial charge in [-0.1, -0.05) is 12.1 Å². The Kier molecular flexibility index (Phi) is 4.81. The van der Waals surface area contributed by atoms with Crippen LogP contribution < -0.4 is 14.8 Å². The van der Waals surface area contributed by atoms with Crippen molar-refractivity contribution in [3.63, 3.8) is 0 Å². The molecule has 0 spiro atoms. The molecule has 2 rings (SSSR count). The quantitative estimate of drug-likeness (QED) is 0.814. The van der Waals surface area contributed by atoms with E-state index in [1.54, 1.807) is 19.1 Å². The van der Waals surface area contributed by atoms with E-state index in [1.165, 1.54) is 14.2 Å². The Morgan fingerprint density at radius 3 is 2.60 bits per heavy atom. The molecule has 0 saturated carbocycles. The van der Waals surface area contributed by atoms with Crippen LogP contribution in [0.5, 0.6) is 11.5 Å². The van der Waals surface area contributed by atoms with Gasteiger partial charge in [0.2, 0.25) is 6.10 Å². The van der Waals surface area contributed by atoms with Crippen molar-refractivity contribution in [3.8, 4) is 11.5 Å². The Labute approximate surface area is 118 Å². The second-order valence-corrected chi connectivity index (χ2v) is 4.50. The largest absolute Gasteiger partial charge is 0.485 e. The van der Waals surface area contributed by atoms with Crippen LogP contribution in [-0.4, -0.2) is 45.2 Å². The van der Waals surface area contributed by atoms with Crippen LogP contribution in [0.1, 0.15) is 6.92 Å². The second kappa shape index (κ2) is 6.58. The minimum atomic E-state index is -0.679. The Balaban J connectivity index is 1.95. The topological polar surface area (TPSA) is 66.0 Å². The van der Waals surface area contributed by atoms with Crippen LogP contribution in [0.2, 0.25) is 0 Å². The van der Waals surface area contributed by atoms with E-state index in [0.717, 1.165) is 0 Å². The van der Waals surface area contributed by atoms with Crippen LogP contribution in [-0.2, 0) is 14.3 Å². The molecule has 0 fully saturated rings. The summed E-state index contributed by atoms with van der Waals surface area (Å²) < 4.78 is 21.3. The van der Waals surface area contributed by atoms with Gasteiger partial charge in [0, 0.05) is 14.2 Å². The molecule has 1 heterocycles. The SMILES string of the molecule is COC(OC)C(C)NC(=O)C1COc2ccccc2O1. The average molecular weight is 281 g/mol. The monoisotopic (exact) mass is 281 g/mol. The van der Waals surface area contributed by atoms with Crippen molar-refractivity contribution in [1.82, 2.24) is 5.32 Å². The summed E-state index contributed by atoms with van der Waals surface area (Å²) in [5.41, 5.74) is 0. The van der Waals surface area contributed by atoms with Crippen molar-refractivity contribution in [1.29, 1.82) is 0 Å². The van der Waals surface area contributed by atoms with Gasteiger partial charge in [-0.3, -0.25) is 4.79 Å². The number of hydrogen-bond donors (Lipinski definition) is 1. The summed E-state index contributed by atoms with van der Waals surface area (Å²) in [6.07, 6.45) is -1.18. The van der Waals surface area contributed by atoms with Crippen LogP contribution >= 0.6 is 0 Å². The van der Waals surface area contributed by atoms with Crippen molar-refractivity contribution >= 4 is 5.91 Å². The molecule has 0 saturated heterocycles. The molecule has 1 aliphatic rings. The van der Waals surface area contributed by atoms with E-state index in [4.69, 9.17) is 18.9 Å². The third-order valence-electron chi connectivity index (χ3n) is 3.04. The summed E-state index contributed by atoms with van der Waals surface area (Å²) in [5, 5.41) is 2.79. The van der Waals surface area contributed by atoms with E-state index < -0.39 is 12.4 Å². The number of amides is 1. The fraction of sp³-hybridized carbons (Fsp3) is 0.500. The highest BCUT2D eigenvalue weighted by Crippen LogP contribution is 2.30. The number of rotatable bonds is 5. The molecule has 1 aliphatic heterocycles. The molecule has 1 aromatic carbocycles. The lowest BCUT2D eigenvalue weighted by Gasteiger charge is -2.28. The smallest absolute Gasteiger partial charge is 0.265 e. The van der Waals surface area contributed by atoms with Gasteiger partial charge in [0.1, 0.15) is 6.61 Å². The van der Waals surface area contributed by atoms with Gasteiger partial charge in [-0.15, -0.1) is 0 Å². The predicted molar refractivity (Wildman–Crippen MR) is 71.8 cm³/mol. The van der Waals surface area contributed by atoms with Crippen LogP contribution in [0.15, 0.2) is 24.3 Å². The average Bonchev–Trinajstić information content (AvgIpc) is 2.48. The number of methoxy groups -OCH3 is 2. The normalized spacial score (nSPS) is 18.7. The maximum Gasteiger partial charge on any atom is 0.265 e. The summed E-state index contributed by atoms with van der Waals surface area (Å²) in [5.74, 6) is 0.962. The van der Waals surface area contributed by atoms with Gasteiger partial charge >= 0.3 is 0 Å². The third kappa shape index (κ3) is 3.20. The van der Waals surface area contributed by atoms with Crippen LogP contribution in [0.25, 0.3) is 0 Å². The molecule has 0 radical (unpaired) electrons. The molecule has 2 atom stereocenters. The van der Waals surface area contributed by atoms with Gasteiger partial charge in [0.25, 0.3) is 5.91 Å². The van der Waals surface area contributed by atoms with Crippen LogP contribution in [0.3, 0.4) is 0 Å². The van der Waals surface area contributed by atoms with E-state index in [0.29, 0.717) is 11.5 Å². The number of nitrogens with one attached hydrogen (secondary N) is 1. The standard InChI is InChI=1S/C14H19NO5/c1-9(14(17-2)18-3)15-13(16)12-8-19-10-6-4-5-7-11(10)20-12/h4-7,9,12,14H,8H2,1-3H3,(H,15,16). The Bertz CT molecular complexity index is 461. The van der Waals surface area contributed by atoms with Gasteiger partial charge < -0.3 is 24.3 Å². The predicted octanol–water partition coefficient (Wildman–Crippen LogP) is 0.950. The summed E-state index contributed by atoms with van der Waals surface area (Å²) in [6, 6.07) is 6.96. The van der Waals surface area contributed by atoms with Gasteiger partial charge in [-0.05, 0) is 19.1 Å². The summed E-state index contributed by atoms with van der Waals surface area (Å²) >= 11 is 0. The highest BCUT2D eigenvalue weighted by Gasteiger charge is 2.29. The van der Waals surface area contributed by atoms with E-state index in [-0.39, 0.29) is 18.6 Å². The first-order chi connectivity index (χ1) is 9.65. The fourth-order valence-corrected chi connectivity index (χ4v) is 2.04. The second-order valence-electron chi connectivity index (χ2n) is 4.50. The highest BCUT2D eigenvalue weighted by atomic mass is 16.7. The highest BCUT2D eigenvalue weighted by molar-refractivity contribution is 5.82. The minimum absolute atomic E-state index is 0.181. The van der Waals surface area contributed by atoms with Gasteiger partial charge in [0.15, 0.2) is 17.8 Å². The number of carbonyl (C=O) groups excluding carboxylic acids is 1. The molecular formula is C14H19NO5. The molecule has 0 aromatic heterocycles. The molecule has 2 unspecified atom stereocenters. The summed E-state index contributed by atoms with van der Waals surface area (Å²) in [7, 11) is 3.04. The van der Waals surface area contributed by atoms with Crippen molar-refractivity contribution in [2.75, 3.05) is 20.8 Å². The van der Waals surface area contributed by atoms with Crippen molar-refractivity contribution < 1.29 is 23.7 Å². The van der Waals surface area contributed by atoms with Gasteiger partial charge in [0.05, 0.1) is 6.04 Å². The van der Waals surface area contributed by atoms with Gasteiger partial charge in [-0.25, -0.2) is 0 Å². The van der Waals surface area contributed by atoms with Crippen molar-refractivity contribution in [2.24, 2.45) is 0 Å². The lowest BCUT2D eigenvalue weighted by molar-refractivity contribution is -0.142. The first-order valence-electron chi connectivity index (χ1n) is 6.40. The fourth-order valence-electron chi connectivity index (χ4n) is 2.04. The molecule has 110 valence electrons. The van der Waals surface area contributed by atoms with Crippen LogP contribution in [0, 0.1) is 0 Å². The maximum atomic E-state index is 12.1. The Hall–Kier alpha value is -1.79. The molecule has 1 aromatic rings. The van der Waals surface area contributed by atoms with Crippen molar-refractivity contribution in [2.45, 2.75) is 25.4 Å². The van der Waals surface area contributed by atoms with E-state index in [9.17, 15) is 4.79 Å². The zero-order valence-electron chi connectivity index (χ0n) is 11.8. The molecule has 1 amide bonds. The first-order valence-corrected chi connectivity index (χ1v) is 6.40. The molecule has 6 heteroatoms. The third-order valence-corrected chi connectivity index (χ3v) is 3.04. The number of benzene rings is 1. The van der Waals surface area contributed by atoms with E-state index >= 15 is 0 Å². The Morgan fingerprint density at radius 2 is 1.95 bits per heavy atom. The Morgan fingerprint density at radius 1 is 1.30 bits per heavy atom. The van der Waals surface area contributed by atoms with Gasteiger partial charge in [-0.2, -0.15) is 0 Å².